The molecule has 1 atom stereocenters. The fraction of sp³-hybridized carbons (Fsp3) is 0.429. The lowest BCUT2D eigenvalue weighted by molar-refractivity contribution is 0.0486. The van der Waals surface area contributed by atoms with E-state index in [0.717, 1.165) is 44.8 Å². The number of likely N-dealkylation sites (tertiary alicyclic amines) is 1. The summed E-state index contributed by atoms with van der Waals surface area (Å²) in [5, 5.41) is 10.7. The lowest BCUT2D eigenvalue weighted by atomic mass is 9.90. The minimum atomic E-state index is -0.476. The van der Waals surface area contributed by atoms with Crippen molar-refractivity contribution < 1.29 is 5.11 Å². The van der Waals surface area contributed by atoms with Crippen molar-refractivity contribution in [3.8, 4) is 0 Å². The van der Waals surface area contributed by atoms with Crippen molar-refractivity contribution in [2.24, 2.45) is 13.0 Å². The number of nitrogens with zero attached hydrogens (tertiary/aromatic N) is 5. The maximum Gasteiger partial charge on any atom is 0.137 e. The molecule has 142 valence electrons. The molecule has 1 aliphatic heterocycles. The third kappa shape index (κ3) is 4.12. The molecule has 2 aromatic heterocycles. The van der Waals surface area contributed by atoms with Crippen molar-refractivity contribution in [2.45, 2.75) is 32.0 Å². The zero-order chi connectivity index (χ0) is 18.6. The molecule has 3 heterocycles. The Hall–Kier alpha value is -2.44. The normalized spacial score (nSPS) is 17.3. The third-order valence-electron chi connectivity index (χ3n) is 5.58. The Morgan fingerprint density at radius 3 is 2.63 bits per heavy atom. The SMILES string of the molecule is Cn1ccnc1[C@H](O)C1CCN(Cc2cncn2Cc2ccccc2)CC1. The van der Waals surface area contributed by atoms with E-state index >= 15 is 0 Å². The van der Waals surface area contributed by atoms with Gasteiger partial charge in [0.25, 0.3) is 0 Å². The summed E-state index contributed by atoms with van der Waals surface area (Å²) in [5.74, 6) is 1.05. The van der Waals surface area contributed by atoms with Crippen LogP contribution in [0, 0.1) is 5.92 Å². The summed E-state index contributed by atoms with van der Waals surface area (Å²) in [7, 11) is 1.94. The average Bonchev–Trinajstić information content (AvgIpc) is 3.32. The molecule has 1 fully saturated rings. The lowest BCUT2D eigenvalue weighted by Crippen LogP contribution is -2.36. The quantitative estimate of drug-likeness (QED) is 0.729. The molecule has 0 spiro atoms. The predicted octanol–water partition coefficient (Wildman–Crippen LogP) is 2.61. The number of rotatable bonds is 6. The number of aliphatic hydroxyl groups excluding tert-OH is 1. The number of imidazole rings is 2. The molecule has 0 amide bonds. The molecule has 1 N–H and O–H groups in total. The highest BCUT2D eigenvalue weighted by molar-refractivity contribution is 5.16. The van der Waals surface area contributed by atoms with Crippen LogP contribution in [0.15, 0.2) is 55.2 Å². The summed E-state index contributed by atoms with van der Waals surface area (Å²) in [5.41, 5.74) is 2.52. The molecule has 3 aromatic rings. The molecule has 1 aromatic carbocycles. The molecule has 6 heteroatoms. The van der Waals surface area contributed by atoms with Gasteiger partial charge in [-0.1, -0.05) is 30.3 Å². The highest BCUT2D eigenvalue weighted by atomic mass is 16.3. The summed E-state index contributed by atoms with van der Waals surface area (Å²) in [6, 6.07) is 10.5. The van der Waals surface area contributed by atoms with E-state index in [4.69, 9.17) is 0 Å². The van der Waals surface area contributed by atoms with Gasteiger partial charge in [0.1, 0.15) is 11.9 Å². The number of aromatic nitrogens is 4. The zero-order valence-electron chi connectivity index (χ0n) is 15.8. The Labute approximate surface area is 160 Å². The first-order valence-electron chi connectivity index (χ1n) is 9.61. The maximum absolute atomic E-state index is 10.7. The Kier molecular flexibility index (Phi) is 5.36. The van der Waals surface area contributed by atoms with Crippen molar-refractivity contribution in [1.29, 1.82) is 0 Å². The minimum Gasteiger partial charge on any atom is -0.385 e. The number of hydrogen-bond donors (Lipinski definition) is 1. The van der Waals surface area contributed by atoms with Crippen LogP contribution in [0.1, 0.15) is 36.0 Å². The van der Waals surface area contributed by atoms with E-state index in [1.54, 1.807) is 6.20 Å². The van der Waals surface area contributed by atoms with E-state index in [1.807, 2.05) is 36.4 Å². The highest BCUT2D eigenvalue weighted by Gasteiger charge is 2.28. The molecule has 0 saturated carbocycles. The highest BCUT2D eigenvalue weighted by Crippen LogP contribution is 2.30. The minimum absolute atomic E-state index is 0.275. The van der Waals surface area contributed by atoms with E-state index in [9.17, 15) is 5.11 Å². The van der Waals surface area contributed by atoms with Crippen molar-refractivity contribution in [3.63, 3.8) is 0 Å². The van der Waals surface area contributed by atoms with Crippen LogP contribution in [0.4, 0.5) is 0 Å². The van der Waals surface area contributed by atoms with Crippen LogP contribution < -0.4 is 0 Å². The second-order valence-electron chi connectivity index (χ2n) is 7.45. The van der Waals surface area contributed by atoms with Crippen LogP contribution in [0.2, 0.25) is 0 Å². The fourth-order valence-electron chi connectivity index (χ4n) is 3.93. The first-order chi connectivity index (χ1) is 13.2. The molecule has 0 radical (unpaired) electrons. The van der Waals surface area contributed by atoms with Gasteiger partial charge in [-0.25, -0.2) is 9.97 Å². The van der Waals surface area contributed by atoms with E-state index in [1.165, 1.54) is 11.3 Å². The average molecular weight is 365 g/mol. The van der Waals surface area contributed by atoms with Gasteiger partial charge >= 0.3 is 0 Å². The van der Waals surface area contributed by atoms with E-state index < -0.39 is 6.10 Å². The van der Waals surface area contributed by atoms with Crippen LogP contribution in [0.3, 0.4) is 0 Å². The molecule has 0 unspecified atom stereocenters. The summed E-state index contributed by atoms with van der Waals surface area (Å²) in [4.78, 5) is 11.1. The van der Waals surface area contributed by atoms with Crippen molar-refractivity contribution >= 4 is 0 Å². The van der Waals surface area contributed by atoms with E-state index in [-0.39, 0.29) is 5.92 Å². The Morgan fingerprint density at radius 2 is 1.93 bits per heavy atom. The molecule has 27 heavy (non-hydrogen) atoms. The summed E-state index contributed by atoms with van der Waals surface area (Å²) in [6.45, 7) is 3.73. The van der Waals surface area contributed by atoms with Gasteiger partial charge in [0, 0.05) is 38.7 Å². The van der Waals surface area contributed by atoms with Gasteiger partial charge in [-0.3, -0.25) is 4.90 Å². The van der Waals surface area contributed by atoms with E-state index in [2.05, 4.69) is 43.7 Å². The largest absolute Gasteiger partial charge is 0.385 e. The monoisotopic (exact) mass is 365 g/mol. The van der Waals surface area contributed by atoms with Gasteiger partial charge in [-0.2, -0.15) is 0 Å². The fourth-order valence-corrected chi connectivity index (χ4v) is 3.93. The maximum atomic E-state index is 10.7. The van der Waals surface area contributed by atoms with Crippen molar-refractivity contribution in [3.05, 3.63) is 72.3 Å². The smallest absolute Gasteiger partial charge is 0.137 e. The van der Waals surface area contributed by atoms with Crippen molar-refractivity contribution in [2.75, 3.05) is 13.1 Å². The van der Waals surface area contributed by atoms with Crippen LogP contribution >= 0.6 is 0 Å². The summed E-state index contributed by atoms with van der Waals surface area (Å²) in [6.07, 6.45) is 9.03. The molecule has 0 aliphatic carbocycles. The number of piperidine rings is 1. The van der Waals surface area contributed by atoms with E-state index in [0.29, 0.717) is 0 Å². The zero-order valence-corrected chi connectivity index (χ0v) is 15.8. The summed E-state index contributed by atoms with van der Waals surface area (Å²) < 4.78 is 4.14. The Morgan fingerprint density at radius 1 is 1.15 bits per heavy atom. The molecular formula is C21H27N5O. The number of aliphatic hydroxyl groups is 1. The lowest BCUT2D eigenvalue weighted by Gasteiger charge is -2.34. The summed E-state index contributed by atoms with van der Waals surface area (Å²) >= 11 is 0. The first kappa shape index (κ1) is 17.9. The Bertz CT molecular complexity index is 848. The first-order valence-corrected chi connectivity index (χ1v) is 9.61. The molecule has 0 bridgehead atoms. The van der Waals surface area contributed by atoms with Gasteiger partial charge in [0.15, 0.2) is 0 Å². The molecule has 1 saturated heterocycles. The van der Waals surface area contributed by atoms with Crippen LogP contribution in [-0.4, -0.2) is 42.2 Å². The Balaban J connectivity index is 1.34. The van der Waals surface area contributed by atoms with Gasteiger partial charge in [-0.15, -0.1) is 0 Å². The van der Waals surface area contributed by atoms with Crippen LogP contribution in [-0.2, 0) is 20.1 Å². The topological polar surface area (TPSA) is 59.1 Å². The molecule has 1 aliphatic rings. The van der Waals surface area contributed by atoms with Crippen LogP contribution in [0.25, 0.3) is 0 Å². The standard InChI is InChI=1S/C21H27N5O/c1-24-12-9-23-21(24)20(27)18-7-10-25(11-8-18)15-19-13-22-16-26(19)14-17-5-3-2-4-6-17/h2-6,9,12-13,16,18,20,27H,7-8,10-11,14-15H2,1H3/t20-/m1/s1. The predicted molar refractivity (Wildman–Crippen MR) is 104 cm³/mol. The molecular weight excluding hydrogens is 338 g/mol. The van der Waals surface area contributed by atoms with Gasteiger partial charge in [-0.05, 0) is 37.4 Å². The number of aryl methyl sites for hydroxylation is 1. The second-order valence-corrected chi connectivity index (χ2v) is 7.45. The van der Waals surface area contributed by atoms with Crippen molar-refractivity contribution in [1.82, 2.24) is 24.0 Å². The van der Waals surface area contributed by atoms with Crippen LogP contribution in [0.5, 0.6) is 0 Å². The molecule has 6 nitrogen and oxygen atoms in total. The number of benzene rings is 1. The number of hydrogen-bond acceptors (Lipinski definition) is 4. The molecule has 4 rings (SSSR count). The van der Waals surface area contributed by atoms with Gasteiger partial charge in [0.05, 0.1) is 12.0 Å². The third-order valence-corrected chi connectivity index (χ3v) is 5.58. The van der Waals surface area contributed by atoms with Gasteiger partial charge in [0.2, 0.25) is 0 Å². The van der Waals surface area contributed by atoms with Gasteiger partial charge < -0.3 is 14.2 Å². The second kappa shape index (κ2) is 8.06.